The number of esters is 4. The van der Waals surface area contributed by atoms with E-state index in [0.717, 1.165) is 102 Å². The molecule has 0 aliphatic heterocycles. The molecule has 5 atom stereocenters. The summed E-state index contributed by atoms with van der Waals surface area (Å²) in [4.78, 5) is 72.6. The Balaban J connectivity index is 5.21. The molecule has 3 N–H and O–H groups in total. The van der Waals surface area contributed by atoms with E-state index < -0.39 is 97.5 Å². The molecule has 0 rings (SSSR count). The minimum Gasteiger partial charge on any atom is -0.462 e. The van der Waals surface area contributed by atoms with E-state index in [1.165, 1.54) is 205 Å². The molecule has 0 spiro atoms. The number of hydrogen-bond donors (Lipinski definition) is 3. The van der Waals surface area contributed by atoms with Gasteiger partial charge in [-0.3, -0.25) is 37.3 Å². The Morgan fingerprint density at radius 3 is 0.731 bits per heavy atom. The van der Waals surface area contributed by atoms with E-state index >= 15 is 0 Å². The van der Waals surface area contributed by atoms with Crippen LogP contribution in [0.3, 0.4) is 0 Å². The summed E-state index contributed by atoms with van der Waals surface area (Å²) in [7, 11) is -9.90. The highest BCUT2D eigenvalue weighted by atomic mass is 31.2. The summed E-state index contributed by atoms with van der Waals surface area (Å²) in [5.41, 5.74) is 0. The first-order valence-corrected chi connectivity index (χ1v) is 41.6. The van der Waals surface area contributed by atoms with Crippen LogP contribution in [0.5, 0.6) is 0 Å². The van der Waals surface area contributed by atoms with E-state index in [9.17, 15) is 43.2 Å². The number of phosphoric ester groups is 2. The van der Waals surface area contributed by atoms with E-state index in [2.05, 4.69) is 34.6 Å². The van der Waals surface area contributed by atoms with Crippen LogP contribution in [-0.2, 0) is 65.4 Å². The summed E-state index contributed by atoms with van der Waals surface area (Å²) in [5.74, 6) is -1.31. The molecule has 0 aromatic rings. The first kappa shape index (κ1) is 91.1. The van der Waals surface area contributed by atoms with Crippen molar-refractivity contribution in [3.05, 3.63) is 0 Å². The maximum absolute atomic E-state index is 13.1. The molecule has 0 fully saturated rings. The lowest BCUT2D eigenvalue weighted by molar-refractivity contribution is -0.161. The minimum absolute atomic E-state index is 0.108. The van der Waals surface area contributed by atoms with E-state index in [1.807, 2.05) is 0 Å². The average molecular weight is 1370 g/mol. The van der Waals surface area contributed by atoms with Crippen molar-refractivity contribution >= 4 is 39.5 Å². The number of carbonyl (C=O) groups is 4. The van der Waals surface area contributed by atoms with Gasteiger partial charge in [0.1, 0.15) is 19.3 Å². The Kier molecular flexibility index (Phi) is 65.9. The molecule has 552 valence electrons. The molecule has 0 aromatic carbocycles. The molecule has 2 unspecified atom stereocenters. The van der Waals surface area contributed by atoms with Crippen molar-refractivity contribution in [1.82, 2.24) is 0 Å². The zero-order chi connectivity index (χ0) is 68.4. The third kappa shape index (κ3) is 68.4. The number of aliphatic hydroxyl groups is 1. The van der Waals surface area contributed by atoms with Crippen LogP contribution < -0.4 is 0 Å². The van der Waals surface area contributed by atoms with E-state index in [4.69, 9.17) is 37.0 Å². The summed E-state index contributed by atoms with van der Waals surface area (Å²) in [6, 6.07) is 0. The van der Waals surface area contributed by atoms with Gasteiger partial charge < -0.3 is 33.8 Å². The molecule has 17 nitrogen and oxygen atoms in total. The molecule has 0 aliphatic rings. The second kappa shape index (κ2) is 67.3. The Hall–Kier alpha value is -1.94. The summed E-state index contributed by atoms with van der Waals surface area (Å²) < 4.78 is 68.4. The predicted octanol–water partition coefficient (Wildman–Crippen LogP) is 21.7. The average Bonchev–Trinajstić information content (AvgIpc) is 2.23. The van der Waals surface area contributed by atoms with Gasteiger partial charge >= 0.3 is 39.5 Å². The maximum atomic E-state index is 13.1. The minimum atomic E-state index is -4.95. The molecule has 0 saturated heterocycles. The van der Waals surface area contributed by atoms with Crippen LogP contribution in [-0.4, -0.2) is 96.7 Å². The second-order valence-electron chi connectivity index (χ2n) is 27.2. The highest BCUT2D eigenvalue weighted by molar-refractivity contribution is 7.47. The second-order valence-corrected chi connectivity index (χ2v) is 30.1. The summed E-state index contributed by atoms with van der Waals surface area (Å²) in [6.07, 6.45) is 55.4. The van der Waals surface area contributed by atoms with Gasteiger partial charge in [0.05, 0.1) is 26.4 Å². The molecule has 0 aliphatic carbocycles. The molecular formula is C74H144O17P2. The molecule has 0 radical (unpaired) electrons. The summed E-state index contributed by atoms with van der Waals surface area (Å²) in [5, 5.41) is 10.6. The molecule has 93 heavy (non-hydrogen) atoms. The van der Waals surface area contributed by atoms with Crippen LogP contribution >= 0.6 is 15.6 Å². The third-order valence-electron chi connectivity index (χ3n) is 17.3. The normalized spacial score (nSPS) is 14.0. The fourth-order valence-corrected chi connectivity index (χ4v) is 12.9. The highest BCUT2D eigenvalue weighted by Crippen LogP contribution is 2.45. The van der Waals surface area contributed by atoms with Crippen LogP contribution in [0, 0.1) is 5.92 Å². The Labute approximate surface area is 568 Å². The zero-order valence-corrected chi connectivity index (χ0v) is 62.2. The van der Waals surface area contributed by atoms with Crippen molar-refractivity contribution in [3.8, 4) is 0 Å². The van der Waals surface area contributed by atoms with Crippen molar-refractivity contribution < 1.29 is 80.2 Å². The van der Waals surface area contributed by atoms with Crippen LogP contribution in [0.25, 0.3) is 0 Å². The van der Waals surface area contributed by atoms with Gasteiger partial charge in [-0.1, -0.05) is 336 Å². The lowest BCUT2D eigenvalue weighted by Gasteiger charge is -2.21. The maximum Gasteiger partial charge on any atom is 0.472 e. The number of carbonyl (C=O) groups excluding carboxylic acids is 4. The molecule has 0 amide bonds. The van der Waals surface area contributed by atoms with E-state index in [-0.39, 0.29) is 25.7 Å². The monoisotopic (exact) mass is 1370 g/mol. The van der Waals surface area contributed by atoms with E-state index in [1.54, 1.807) is 0 Å². The highest BCUT2D eigenvalue weighted by Gasteiger charge is 2.30. The Bertz CT molecular complexity index is 1790. The topological polar surface area (TPSA) is 237 Å². The lowest BCUT2D eigenvalue weighted by atomic mass is 10.0. The van der Waals surface area contributed by atoms with Gasteiger partial charge in [-0.25, -0.2) is 9.13 Å². The Morgan fingerprint density at radius 1 is 0.290 bits per heavy atom. The van der Waals surface area contributed by atoms with Crippen LogP contribution in [0.2, 0.25) is 0 Å². The van der Waals surface area contributed by atoms with Gasteiger partial charge in [-0.15, -0.1) is 0 Å². The number of unbranched alkanes of at least 4 members (excludes halogenated alkanes) is 46. The molecule has 0 aromatic heterocycles. The first-order valence-electron chi connectivity index (χ1n) is 38.6. The van der Waals surface area contributed by atoms with E-state index in [0.29, 0.717) is 25.7 Å². The quantitative estimate of drug-likeness (QED) is 0.0222. The van der Waals surface area contributed by atoms with Gasteiger partial charge in [-0.2, -0.15) is 0 Å². The number of hydrogen-bond acceptors (Lipinski definition) is 15. The SMILES string of the molecule is CCCCCCCCCCCCCCCCC(=O)OC[C@H](COP(=O)(O)OC[C@@H](O)COP(=O)(O)OC[C@@H](COC(=O)CCCCCCCCCC)OC(=O)CCCCCCCCCCCCCCC)OC(=O)CCCCCCCCCCCCCCCCCC(C)C. The van der Waals surface area contributed by atoms with Crippen molar-refractivity contribution in [3.63, 3.8) is 0 Å². The number of ether oxygens (including phenoxy) is 4. The zero-order valence-electron chi connectivity index (χ0n) is 60.4. The van der Waals surface area contributed by atoms with Crippen molar-refractivity contribution in [2.75, 3.05) is 39.6 Å². The van der Waals surface area contributed by atoms with Gasteiger partial charge in [0.2, 0.25) is 0 Å². The molecule has 19 heteroatoms. The smallest absolute Gasteiger partial charge is 0.462 e. The predicted molar refractivity (Wildman–Crippen MR) is 377 cm³/mol. The van der Waals surface area contributed by atoms with Gasteiger partial charge in [-0.05, 0) is 31.6 Å². The fourth-order valence-electron chi connectivity index (χ4n) is 11.4. The van der Waals surface area contributed by atoms with Gasteiger partial charge in [0.25, 0.3) is 0 Å². The number of rotatable bonds is 74. The summed E-state index contributed by atoms with van der Waals surface area (Å²) in [6.45, 7) is 7.29. The summed E-state index contributed by atoms with van der Waals surface area (Å²) >= 11 is 0. The van der Waals surface area contributed by atoms with Crippen LogP contribution in [0.15, 0.2) is 0 Å². The van der Waals surface area contributed by atoms with Crippen LogP contribution in [0.1, 0.15) is 388 Å². The first-order chi connectivity index (χ1) is 45.0. The molecule has 0 saturated carbocycles. The largest absolute Gasteiger partial charge is 0.472 e. The molecule has 0 heterocycles. The Morgan fingerprint density at radius 2 is 0.495 bits per heavy atom. The molecule has 0 bridgehead atoms. The fraction of sp³-hybridized carbons (Fsp3) is 0.946. The standard InChI is InChI=1S/C74H144O17P2/c1-6-9-12-15-18-21-23-25-31-34-38-43-48-53-58-72(77)85-64-70(91-74(79)60-55-50-45-40-36-32-28-26-27-30-33-37-41-46-51-56-67(4)5)66-89-93(82,83)87-62-68(75)61-86-92(80,81)88-65-69(63-84-71(76)57-52-47-42-20-17-14-11-8-3)90-73(78)59-54-49-44-39-35-29-24-22-19-16-13-10-7-2/h67-70,75H,6-66H2,1-5H3,(H,80,81)(H,82,83)/t68-,69+,70+/m0/s1. The lowest BCUT2D eigenvalue weighted by Crippen LogP contribution is -2.30. The van der Waals surface area contributed by atoms with Gasteiger partial charge in [0, 0.05) is 25.7 Å². The third-order valence-corrected chi connectivity index (χ3v) is 19.2. The van der Waals surface area contributed by atoms with Crippen molar-refractivity contribution in [2.45, 2.75) is 406 Å². The number of aliphatic hydroxyl groups excluding tert-OH is 1. The van der Waals surface area contributed by atoms with Crippen molar-refractivity contribution in [1.29, 1.82) is 0 Å². The van der Waals surface area contributed by atoms with Crippen molar-refractivity contribution in [2.24, 2.45) is 5.92 Å². The molecular weight excluding hydrogens is 1220 g/mol. The number of phosphoric acid groups is 2. The van der Waals surface area contributed by atoms with Crippen LogP contribution in [0.4, 0.5) is 0 Å². The van der Waals surface area contributed by atoms with Gasteiger partial charge in [0.15, 0.2) is 12.2 Å².